The van der Waals surface area contributed by atoms with E-state index in [0.717, 1.165) is 11.1 Å². The van der Waals surface area contributed by atoms with Crippen LogP contribution < -0.4 is 5.32 Å². The number of anilines is 1. The number of hydrogen-bond acceptors (Lipinski definition) is 3. The second kappa shape index (κ2) is 5.81. The van der Waals surface area contributed by atoms with Gasteiger partial charge in [0.25, 0.3) is 5.91 Å². The van der Waals surface area contributed by atoms with Gasteiger partial charge in [-0.25, -0.2) is 9.18 Å². The van der Waals surface area contributed by atoms with Gasteiger partial charge in [-0.1, -0.05) is 12.1 Å². The van der Waals surface area contributed by atoms with Crippen molar-refractivity contribution in [2.45, 2.75) is 19.4 Å². The smallest absolute Gasteiger partial charge is 0.335 e. The highest BCUT2D eigenvalue weighted by atomic mass is 19.1. The van der Waals surface area contributed by atoms with Gasteiger partial charge in [-0.05, 0) is 55.8 Å². The highest BCUT2D eigenvalue weighted by Crippen LogP contribution is 2.44. The molecule has 2 N–H and O–H groups in total. The molecule has 0 saturated carbocycles. The first-order valence-corrected chi connectivity index (χ1v) is 8.37. The Kier molecular flexibility index (Phi) is 3.66. The van der Waals surface area contributed by atoms with Gasteiger partial charge in [0.1, 0.15) is 17.2 Å². The van der Waals surface area contributed by atoms with Crippen LogP contribution in [0, 0.1) is 5.82 Å². The molecule has 2 aromatic carbocycles. The monoisotopic (exact) mass is 365 g/mol. The van der Waals surface area contributed by atoms with E-state index in [-0.39, 0.29) is 11.5 Å². The van der Waals surface area contributed by atoms with Crippen molar-refractivity contribution in [3.63, 3.8) is 0 Å². The van der Waals surface area contributed by atoms with E-state index in [4.69, 9.17) is 9.84 Å². The topological polar surface area (TPSA) is 75.6 Å². The van der Waals surface area contributed by atoms with E-state index in [1.54, 1.807) is 24.3 Å². The molecule has 4 rings (SSSR count). The van der Waals surface area contributed by atoms with E-state index in [2.05, 4.69) is 5.32 Å². The van der Waals surface area contributed by atoms with Crippen LogP contribution >= 0.6 is 0 Å². The Hall–Kier alpha value is -3.41. The Balaban J connectivity index is 1.82. The minimum atomic E-state index is -0.994. The first kappa shape index (κ1) is 17.0. The van der Waals surface area contributed by atoms with E-state index in [0.29, 0.717) is 22.6 Å². The molecule has 2 aromatic rings. The van der Waals surface area contributed by atoms with Gasteiger partial charge in [0.05, 0.1) is 16.8 Å². The Morgan fingerprint density at radius 2 is 1.85 bits per heavy atom. The van der Waals surface area contributed by atoms with E-state index < -0.39 is 17.4 Å². The van der Waals surface area contributed by atoms with Crippen molar-refractivity contribution in [3.05, 3.63) is 76.8 Å². The zero-order valence-electron chi connectivity index (χ0n) is 14.7. The van der Waals surface area contributed by atoms with Crippen molar-refractivity contribution in [3.8, 4) is 0 Å². The third kappa shape index (κ3) is 2.79. The van der Waals surface area contributed by atoms with Gasteiger partial charge in [-0.15, -0.1) is 0 Å². The fourth-order valence-corrected chi connectivity index (χ4v) is 3.40. The molecule has 27 heavy (non-hydrogen) atoms. The third-order valence-electron chi connectivity index (χ3n) is 4.70. The van der Waals surface area contributed by atoms with Crippen LogP contribution in [-0.2, 0) is 9.53 Å². The number of halogens is 1. The van der Waals surface area contributed by atoms with E-state index in [1.165, 1.54) is 24.3 Å². The number of carboxylic acids is 1. The molecule has 136 valence electrons. The van der Waals surface area contributed by atoms with Crippen LogP contribution in [0.15, 0.2) is 54.3 Å². The molecule has 5 nitrogen and oxygen atoms in total. The molecule has 0 unspecified atom stereocenters. The van der Waals surface area contributed by atoms with Gasteiger partial charge in [-0.3, -0.25) is 4.79 Å². The predicted octanol–water partition coefficient (Wildman–Crippen LogP) is 4.08. The summed E-state index contributed by atoms with van der Waals surface area (Å²) in [4.78, 5) is 23.5. The van der Waals surface area contributed by atoms with Crippen molar-refractivity contribution < 1.29 is 23.8 Å². The number of nitrogens with one attached hydrogen (secondary N) is 1. The number of carbonyl (C=O) groups is 2. The summed E-state index contributed by atoms with van der Waals surface area (Å²) < 4.78 is 19.5. The third-order valence-corrected chi connectivity index (χ3v) is 4.70. The summed E-state index contributed by atoms with van der Waals surface area (Å²) in [7, 11) is 0. The van der Waals surface area contributed by atoms with Gasteiger partial charge >= 0.3 is 5.97 Å². The van der Waals surface area contributed by atoms with Crippen molar-refractivity contribution in [2.75, 3.05) is 5.32 Å². The van der Waals surface area contributed by atoms with Gasteiger partial charge in [0, 0.05) is 11.1 Å². The lowest BCUT2D eigenvalue weighted by atomic mass is 9.91. The van der Waals surface area contributed by atoms with Crippen LogP contribution in [0.25, 0.3) is 11.1 Å². The molecular weight excluding hydrogens is 349 g/mol. The first-order valence-electron chi connectivity index (χ1n) is 8.37. The number of amides is 1. The van der Waals surface area contributed by atoms with Gasteiger partial charge < -0.3 is 15.2 Å². The van der Waals surface area contributed by atoms with E-state index in [1.807, 2.05) is 13.8 Å². The largest absolute Gasteiger partial charge is 0.482 e. The Bertz CT molecular complexity index is 1050. The zero-order valence-corrected chi connectivity index (χ0v) is 14.7. The summed E-state index contributed by atoms with van der Waals surface area (Å²) in [5, 5.41) is 11.7. The average Bonchev–Trinajstić information content (AvgIpc) is 3.09. The van der Waals surface area contributed by atoms with Crippen LogP contribution in [-0.4, -0.2) is 22.6 Å². The van der Waals surface area contributed by atoms with Gasteiger partial charge in [0.2, 0.25) is 0 Å². The van der Waals surface area contributed by atoms with Crippen molar-refractivity contribution in [2.24, 2.45) is 0 Å². The number of rotatable bonds is 2. The molecular formula is C21H16FNO4. The van der Waals surface area contributed by atoms with Crippen molar-refractivity contribution >= 4 is 28.7 Å². The molecule has 0 aliphatic carbocycles. The summed E-state index contributed by atoms with van der Waals surface area (Å²) in [5.74, 6) is -1.37. The lowest BCUT2D eigenvalue weighted by molar-refractivity contribution is -0.111. The minimum absolute atomic E-state index is 0.195. The number of hydrogen-bond donors (Lipinski definition) is 2. The summed E-state index contributed by atoms with van der Waals surface area (Å²) in [6, 6.07) is 10.6. The van der Waals surface area contributed by atoms with Gasteiger partial charge in [-0.2, -0.15) is 0 Å². The number of benzene rings is 2. The van der Waals surface area contributed by atoms with Crippen molar-refractivity contribution in [1.82, 2.24) is 0 Å². The molecule has 0 radical (unpaired) electrons. The molecule has 0 spiro atoms. The number of aromatic carboxylic acids is 1. The first-order chi connectivity index (χ1) is 12.8. The van der Waals surface area contributed by atoms with Crippen molar-refractivity contribution in [1.29, 1.82) is 0 Å². The normalized spacial score (nSPS) is 20.0. The second-order valence-corrected chi connectivity index (χ2v) is 6.94. The number of fused-ring (bicyclic) bond motifs is 1. The van der Waals surface area contributed by atoms with E-state index in [9.17, 15) is 14.0 Å². The molecule has 2 aliphatic heterocycles. The summed E-state index contributed by atoms with van der Waals surface area (Å²) >= 11 is 0. The molecule has 2 aliphatic rings. The van der Waals surface area contributed by atoms with Crippen LogP contribution in [0.5, 0.6) is 0 Å². The van der Waals surface area contributed by atoms with Crippen LogP contribution in [0.3, 0.4) is 0 Å². The standard InChI is InChI=1S/C21H16FNO4/c1-21(2)15(11-3-5-12(6-4-11)20(25)26)10-17(27-21)18-14-8-7-13(22)9-16(14)23-19(18)24/h3-10H,1-2H3,(H,23,24)(H,25,26). The fourth-order valence-electron chi connectivity index (χ4n) is 3.40. The molecule has 1 amide bonds. The van der Waals surface area contributed by atoms with Gasteiger partial charge in [0.15, 0.2) is 0 Å². The van der Waals surface area contributed by atoms with Crippen LogP contribution in [0.2, 0.25) is 0 Å². The number of ether oxygens (including phenoxy) is 1. The number of allylic oxidation sites excluding steroid dienone is 1. The lowest BCUT2D eigenvalue weighted by Gasteiger charge is -2.23. The molecule has 0 atom stereocenters. The molecule has 0 fully saturated rings. The molecule has 0 bridgehead atoms. The summed E-state index contributed by atoms with van der Waals surface area (Å²) in [5.41, 5.74) is 2.47. The highest BCUT2D eigenvalue weighted by molar-refractivity contribution is 6.32. The number of carbonyl (C=O) groups excluding carboxylic acids is 1. The second-order valence-electron chi connectivity index (χ2n) is 6.94. The lowest BCUT2D eigenvalue weighted by Crippen LogP contribution is -2.21. The maximum atomic E-state index is 13.4. The fraction of sp³-hybridized carbons (Fsp3) is 0.143. The molecule has 6 heteroatoms. The SMILES string of the molecule is CC1(C)OC(=C2C(=O)Nc3cc(F)ccc32)C=C1c1ccc(C(=O)O)cc1. The maximum Gasteiger partial charge on any atom is 0.335 e. The van der Waals surface area contributed by atoms with Crippen LogP contribution in [0.4, 0.5) is 10.1 Å². The quantitative estimate of drug-likeness (QED) is 0.787. The summed E-state index contributed by atoms with van der Waals surface area (Å²) in [6.45, 7) is 3.74. The Morgan fingerprint density at radius 1 is 1.15 bits per heavy atom. The maximum absolute atomic E-state index is 13.4. The molecule has 0 saturated heterocycles. The number of carboxylic acid groups (broad SMARTS) is 1. The zero-order chi connectivity index (χ0) is 19.3. The van der Waals surface area contributed by atoms with E-state index >= 15 is 0 Å². The van der Waals surface area contributed by atoms with Crippen LogP contribution in [0.1, 0.15) is 35.3 Å². The molecule has 0 aromatic heterocycles. The average molecular weight is 365 g/mol. The highest BCUT2D eigenvalue weighted by Gasteiger charge is 2.38. The minimum Gasteiger partial charge on any atom is -0.482 e. The predicted molar refractivity (Wildman–Crippen MR) is 98.5 cm³/mol. The Morgan fingerprint density at radius 3 is 2.52 bits per heavy atom. The molecule has 2 heterocycles. The Labute approximate surface area is 154 Å². The summed E-state index contributed by atoms with van der Waals surface area (Å²) in [6.07, 6.45) is 1.78.